The van der Waals surface area contributed by atoms with Gasteiger partial charge in [0.2, 0.25) is 0 Å². The highest BCUT2D eigenvalue weighted by atomic mass is 16.2. The first kappa shape index (κ1) is 18.4. The molecule has 0 aliphatic carbocycles. The Morgan fingerprint density at radius 1 is 1.03 bits per heavy atom. The standard InChI is InChI=1S/C21H20N6O2/c1-27-10-9-23-20(28)14-6-4-5-13(11-14)16-12-24-19(22)18(25-16)21(29)26-15-7-2-3-8-17(15)27/h2-8,11-12H,9-10H2,1H3,(H2,22,24)(H,23,28)(H,26,29). The number of carbonyl (C=O) groups is 2. The molecule has 0 radical (unpaired) electrons. The molecule has 0 saturated carbocycles. The Morgan fingerprint density at radius 2 is 1.83 bits per heavy atom. The highest BCUT2D eigenvalue weighted by molar-refractivity contribution is 6.07. The quantitative estimate of drug-likeness (QED) is 0.544. The van der Waals surface area contributed by atoms with Crippen molar-refractivity contribution in [3.05, 3.63) is 66.0 Å². The number of nitrogens with zero attached hydrogens (tertiary/aromatic N) is 3. The minimum absolute atomic E-state index is 0.0321. The number of para-hydroxylation sites is 2. The van der Waals surface area contributed by atoms with Crippen molar-refractivity contribution in [2.75, 3.05) is 36.1 Å². The SMILES string of the molecule is CN1CCNC(=O)c2cccc(c2)-c2cnc(N)c(n2)C(=O)Nc2ccccc21. The molecule has 2 amide bonds. The Labute approximate surface area is 167 Å². The Balaban J connectivity index is 1.83. The molecule has 1 aliphatic heterocycles. The van der Waals surface area contributed by atoms with E-state index in [1.165, 1.54) is 6.20 Å². The van der Waals surface area contributed by atoms with Gasteiger partial charge in [-0.15, -0.1) is 0 Å². The first-order valence-electron chi connectivity index (χ1n) is 9.15. The number of nitrogens with two attached hydrogens (primary N) is 1. The second kappa shape index (κ2) is 7.59. The number of aromatic nitrogens is 2. The molecule has 1 aromatic heterocycles. The molecule has 2 aromatic carbocycles. The zero-order valence-corrected chi connectivity index (χ0v) is 15.8. The number of likely N-dealkylation sites (N-methyl/N-ethyl adjacent to an activating group) is 1. The fraction of sp³-hybridized carbons (Fsp3) is 0.143. The number of benzene rings is 2. The summed E-state index contributed by atoms with van der Waals surface area (Å²) in [6.07, 6.45) is 1.49. The van der Waals surface area contributed by atoms with Crippen LogP contribution in [0, 0.1) is 0 Å². The van der Waals surface area contributed by atoms with Gasteiger partial charge in [0, 0.05) is 31.3 Å². The van der Waals surface area contributed by atoms with Gasteiger partial charge in [-0.2, -0.15) is 0 Å². The van der Waals surface area contributed by atoms with Crippen molar-refractivity contribution in [3.8, 4) is 11.3 Å². The van der Waals surface area contributed by atoms with Gasteiger partial charge in [-0.25, -0.2) is 9.97 Å². The summed E-state index contributed by atoms with van der Waals surface area (Å²) in [5.74, 6) is -0.588. The van der Waals surface area contributed by atoms with Crippen LogP contribution >= 0.6 is 0 Å². The lowest BCUT2D eigenvalue weighted by Gasteiger charge is -2.22. The summed E-state index contributed by atoms with van der Waals surface area (Å²) in [7, 11) is 1.89. The van der Waals surface area contributed by atoms with Gasteiger partial charge in [0.15, 0.2) is 11.5 Å². The topological polar surface area (TPSA) is 113 Å². The lowest BCUT2D eigenvalue weighted by molar-refractivity contribution is 0.0954. The first-order chi connectivity index (χ1) is 14.0. The zero-order valence-electron chi connectivity index (χ0n) is 15.8. The Bertz CT molecular complexity index is 1100. The smallest absolute Gasteiger partial charge is 0.278 e. The monoisotopic (exact) mass is 388 g/mol. The predicted octanol–water partition coefficient (Wildman–Crippen LogP) is 2.16. The number of carbonyl (C=O) groups excluding carboxylic acids is 2. The van der Waals surface area contributed by atoms with Gasteiger partial charge in [-0.1, -0.05) is 24.3 Å². The van der Waals surface area contributed by atoms with E-state index >= 15 is 0 Å². The molecule has 4 bridgehead atoms. The molecule has 3 aromatic rings. The fourth-order valence-corrected chi connectivity index (χ4v) is 3.18. The molecule has 0 saturated heterocycles. The summed E-state index contributed by atoms with van der Waals surface area (Å²) in [5, 5.41) is 5.80. The summed E-state index contributed by atoms with van der Waals surface area (Å²) < 4.78 is 0. The number of nitrogen functional groups attached to an aromatic ring is 1. The van der Waals surface area contributed by atoms with Crippen molar-refractivity contribution in [2.24, 2.45) is 0 Å². The van der Waals surface area contributed by atoms with E-state index in [-0.39, 0.29) is 17.4 Å². The highest BCUT2D eigenvalue weighted by Crippen LogP contribution is 2.26. The molecule has 0 unspecified atom stereocenters. The van der Waals surface area contributed by atoms with Crippen molar-refractivity contribution < 1.29 is 9.59 Å². The average Bonchev–Trinajstić information content (AvgIpc) is 2.73. The molecule has 0 atom stereocenters. The van der Waals surface area contributed by atoms with Gasteiger partial charge >= 0.3 is 0 Å². The third kappa shape index (κ3) is 3.73. The van der Waals surface area contributed by atoms with Crippen LogP contribution in [0.25, 0.3) is 11.3 Å². The van der Waals surface area contributed by atoms with E-state index in [1.54, 1.807) is 30.3 Å². The Kier molecular flexibility index (Phi) is 4.82. The number of anilines is 3. The lowest BCUT2D eigenvalue weighted by Crippen LogP contribution is -2.33. The van der Waals surface area contributed by atoms with E-state index in [4.69, 9.17) is 5.73 Å². The van der Waals surface area contributed by atoms with Crippen LogP contribution in [0.3, 0.4) is 0 Å². The van der Waals surface area contributed by atoms with Crippen molar-refractivity contribution in [2.45, 2.75) is 0 Å². The second-order valence-corrected chi connectivity index (χ2v) is 6.72. The van der Waals surface area contributed by atoms with Crippen molar-refractivity contribution in [1.29, 1.82) is 0 Å². The molecular formula is C21H20N6O2. The van der Waals surface area contributed by atoms with Crippen molar-refractivity contribution in [3.63, 3.8) is 0 Å². The largest absolute Gasteiger partial charge is 0.382 e. The zero-order chi connectivity index (χ0) is 20.4. The van der Waals surface area contributed by atoms with Gasteiger partial charge in [-0.3, -0.25) is 9.59 Å². The van der Waals surface area contributed by atoms with E-state index in [0.717, 1.165) is 5.69 Å². The van der Waals surface area contributed by atoms with Gasteiger partial charge in [0.1, 0.15) is 0 Å². The summed E-state index contributed by atoms with van der Waals surface area (Å²) in [5.41, 5.74) is 9.02. The number of hydrogen-bond donors (Lipinski definition) is 3. The number of hydrogen-bond acceptors (Lipinski definition) is 6. The van der Waals surface area contributed by atoms with Gasteiger partial charge in [-0.05, 0) is 24.3 Å². The molecule has 4 N–H and O–H groups in total. The van der Waals surface area contributed by atoms with E-state index in [0.29, 0.717) is 35.6 Å². The molecule has 0 spiro atoms. The van der Waals surface area contributed by atoms with Crippen LogP contribution in [0.5, 0.6) is 0 Å². The maximum absolute atomic E-state index is 12.9. The van der Waals surface area contributed by atoms with Crippen LogP contribution in [0.4, 0.5) is 17.2 Å². The van der Waals surface area contributed by atoms with E-state index < -0.39 is 5.91 Å². The van der Waals surface area contributed by atoms with Crippen LogP contribution in [0.1, 0.15) is 20.8 Å². The molecule has 1 aliphatic rings. The van der Waals surface area contributed by atoms with Gasteiger partial charge in [0.05, 0.1) is 23.3 Å². The Hall–Kier alpha value is -3.94. The normalized spacial score (nSPS) is 14.2. The van der Waals surface area contributed by atoms with Crippen molar-refractivity contribution >= 4 is 29.0 Å². The summed E-state index contributed by atoms with van der Waals surface area (Å²) in [6.45, 7) is 1.01. The van der Waals surface area contributed by atoms with Crippen LogP contribution in [-0.2, 0) is 0 Å². The van der Waals surface area contributed by atoms with Crippen molar-refractivity contribution in [1.82, 2.24) is 15.3 Å². The number of rotatable bonds is 0. The molecule has 146 valence electrons. The number of amides is 2. The molecule has 4 rings (SSSR count). The minimum Gasteiger partial charge on any atom is -0.382 e. The third-order valence-electron chi connectivity index (χ3n) is 4.73. The van der Waals surface area contributed by atoms with Crippen LogP contribution in [0.15, 0.2) is 54.7 Å². The van der Waals surface area contributed by atoms with E-state index in [1.807, 2.05) is 30.1 Å². The highest BCUT2D eigenvalue weighted by Gasteiger charge is 2.18. The second-order valence-electron chi connectivity index (χ2n) is 6.72. The molecule has 2 heterocycles. The van der Waals surface area contributed by atoms with E-state index in [2.05, 4.69) is 20.6 Å². The predicted molar refractivity (Wildman–Crippen MR) is 112 cm³/mol. The third-order valence-corrected chi connectivity index (χ3v) is 4.73. The Morgan fingerprint density at radius 3 is 2.69 bits per heavy atom. The van der Waals surface area contributed by atoms with Gasteiger partial charge < -0.3 is 21.3 Å². The van der Waals surface area contributed by atoms with E-state index in [9.17, 15) is 9.59 Å². The number of fused-ring (bicyclic) bond motifs is 6. The molecule has 8 nitrogen and oxygen atoms in total. The molecule has 0 fully saturated rings. The lowest BCUT2D eigenvalue weighted by atomic mass is 10.1. The fourth-order valence-electron chi connectivity index (χ4n) is 3.18. The molecule has 29 heavy (non-hydrogen) atoms. The summed E-state index contributed by atoms with van der Waals surface area (Å²) in [4.78, 5) is 35.9. The van der Waals surface area contributed by atoms with Gasteiger partial charge in [0.25, 0.3) is 11.8 Å². The van der Waals surface area contributed by atoms with Crippen LogP contribution in [0.2, 0.25) is 0 Å². The minimum atomic E-state index is -0.446. The maximum atomic E-state index is 12.9. The molecule has 8 heteroatoms. The number of nitrogens with one attached hydrogen (secondary N) is 2. The van der Waals surface area contributed by atoms with Crippen LogP contribution in [-0.4, -0.2) is 41.9 Å². The van der Waals surface area contributed by atoms with Crippen LogP contribution < -0.4 is 21.3 Å². The summed E-state index contributed by atoms with van der Waals surface area (Å²) >= 11 is 0. The molecular weight excluding hydrogens is 368 g/mol. The average molecular weight is 388 g/mol. The summed E-state index contributed by atoms with van der Waals surface area (Å²) in [6, 6.07) is 14.4. The first-order valence-corrected chi connectivity index (χ1v) is 9.15. The maximum Gasteiger partial charge on any atom is 0.278 e.